The molecule has 0 fully saturated rings. The van der Waals surface area contributed by atoms with Crippen LogP contribution in [0, 0.1) is 0 Å². The number of carbonyl (C=O) groups excluding carboxylic acids is 1. The van der Waals surface area contributed by atoms with Gasteiger partial charge in [0.1, 0.15) is 5.75 Å². The molecule has 29 heavy (non-hydrogen) atoms. The molecule has 0 radical (unpaired) electrons. The van der Waals surface area contributed by atoms with E-state index in [1.54, 1.807) is 4.90 Å². The SMILES string of the molecule is COC(=O)N1C/C=C\C(O[Si](C)(C)C(C)(C)C)Cc2c1cc1ccccc1c2O. The molecule has 0 spiro atoms. The summed E-state index contributed by atoms with van der Waals surface area (Å²) in [4.78, 5) is 14.0. The van der Waals surface area contributed by atoms with Gasteiger partial charge in [-0.15, -0.1) is 0 Å². The number of hydrogen-bond donors (Lipinski definition) is 1. The number of phenolic OH excluding ortho intramolecular Hbond substituents is 1. The van der Waals surface area contributed by atoms with Gasteiger partial charge in [-0.2, -0.15) is 0 Å². The summed E-state index contributed by atoms with van der Waals surface area (Å²) in [5.74, 6) is 0.200. The second kappa shape index (κ2) is 7.84. The summed E-state index contributed by atoms with van der Waals surface area (Å²) in [6, 6.07) is 9.60. The van der Waals surface area contributed by atoms with Crippen LogP contribution in [0.1, 0.15) is 26.3 Å². The second-order valence-corrected chi connectivity index (χ2v) is 13.8. The molecule has 156 valence electrons. The average Bonchev–Trinajstić information content (AvgIpc) is 2.64. The van der Waals surface area contributed by atoms with Crippen LogP contribution in [0.3, 0.4) is 0 Å². The second-order valence-electron chi connectivity index (χ2n) is 9.07. The molecule has 1 aliphatic heterocycles. The molecule has 0 saturated heterocycles. The molecular weight excluding hydrogens is 382 g/mol. The number of fused-ring (bicyclic) bond motifs is 2. The first-order valence-corrected chi connectivity index (χ1v) is 12.9. The molecule has 0 saturated carbocycles. The Morgan fingerprint density at radius 1 is 1.24 bits per heavy atom. The lowest BCUT2D eigenvalue weighted by Crippen LogP contribution is -2.44. The zero-order chi connectivity index (χ0) is 21.4. The van der Waals surface area contributed by atoms with Crippen LogP contribution < -0.4 is 4.90 Å². The van der Waals surface area contributed by atoms with Crippen LogP contribution in [-0.4, -0.2) is 39.3 Å². The number of hydrogen-bond acceptors (Lipinski definition) is 4. The lowest BCUT2D eigenvalue weighted by Gasteiger charge is -2.39. The van der Waals surface area contributed by atoms with Crippen molar-refractivity contribution in [1.29, 1.82) is 0 Å². The summed E-state index contributed by atoms with van der Waals surface area (Å²) in [6.45, 7) is 11.4. The van der Waals surface area contributed by atoms with E-state index >= 15 is 0 Å². The summed E-state index contributed by atoms with van der Waals surface area (Å²) >= 11 is 0. The minimum Gasteiger partial charge on any atom is -0.507 e. The average molecular weight is 414 g/mol. The molecule has 5 nitrogen and oxygen atoms in total. The van der Waals surface area contributed by atoms with Gasteiger partial charge in [0.05, 0.1) is 18.9 Å². The van der Waals surface area contributed by atoms with Crippen LogP contribution in [0.25, 0.3) is 10.8 Å². The molecule has 1 heterocycles. The molecular formula is C23H31NO4Si. The van der Waals surface area contributed by atoms with E-state index in [4.69, 9.17) is 9.16 Å². The Morgan fingerprint density at radius 3 is 2.59 bits per heavy atom. The molecule has 2 aromatic carbocycles. The summed E-state index contributed by atoms with van der Waals surface area (Å²) in [7, 11) is -0.637. The number of phenols is 1. The first kappa shape index (κ1) is 21.4. The van der Waals surface area contributed by atoms with Crippen LogP contribution >= 0.6 is 0 Å². The van der Waals surface area contributed by atoms with Crippen molar-refractivity contribution in [1.82, 2.24) is 0 Å². The predicted octanol–water partition coefficient (Wildman–Crippen LogP) is 5.62. The fourth-order valence-corrected chi connectivity index (χ4v) is 4.68. The van der Waals surface area contributed by atoms with Gasteiger partial charge in [0.15, 0.2) is 8.32 Å². The Balaban J connectivity index is 2.11. The lowest BCUT2D eigenvalue weighted by atomic mass is 9.97. The Hall–Kier alpha value is -2.31. The number of methoxy groups -OCH3 is 1. The number of benzene rings is 2. The normalized spacial score (nSPS) is 18.7. The number of nitrogens with zero attached hydrogens (tertiary/aromatic N) is 1. The van der Waals surface area contributed by atoms with E-state index in [1.807, 2.05) is 42.5 Å². The van der Waals surface area contributed by atoms with Gasteiger partial charge in [0, 0.05) is 23.9 Å². The standard InChI is InChI=1S/C23H31NO4Si/c1-23(2,3)29(5,6)28-17-11-9-13-24(22(26)27-4)20-14-16-10-7-8-12-18(16)21(25)19(20)15-17/h7-12,14,17,25H,13,15H2,1-6H3/b11-9-. The van der Waals surface area contributed by atoms with Crippen molar-refractivity contribution in [2.75, 3.05) is 18.6 Å². The molecule has 1 N–H and O–H groups in total. The van der Waals surface area contributed by atoms with Crippen molar-refractivity contribution >= 4 is 30.9 Å². The van der Waals surface area contributed by atoms with Gasteiger partial charge in [-0.3, -0.25) is 4.90 Å². The molecule has 1 aliphatic rings. The zero-order valence-electron chi connectivity index (χ0n) is 18.2. The quantitative estimate of drug-likeness (QED) is 0.513. The van der Waals surface area contributed by atoms with E-state index in [9.17, 15) is 9.90 Å². The predicted molar refractivity (Wildman–Crippen MR) is 120 cm³/mol. The number of ether oxygens (including phenoxy) is 1. The van der Waals surface area contributed by atoms with Crippen molar-refractivity contribution < 1.29 is 19.1 Å². The fraction of sp³-hybridized carbons (Fsp3) is 0.435. The number of amides is 1. The van der Waals surface area contributed by atoms with Crippen LogP contribution in [0.4, 0.5) is 10.5 Å². The van der Waals surface area contributed by atoms with Gasteiger partial charge in [0.2, 0.25) is 0 Å². The molecule has 0 aromatic heterocycles. The van der Waals surface area contributed by atoms with Gasteiger partial charge >= 0.3 is 6.09 Å². The summed E-state index contributed by atoms with van der Waals surface area (Å²) < 4.78 is 11.6. The smallest absolute Gasteiger partial charge is 0.414 e. The highest BCUT2D eigenvalue weighted by Crippen LogP contribution is 2.41. The van der Waals surface area contributed by atoms with Crippen LogP contribution in [0.5, 0.6) is 5.75 Å². The van der Waals surface area contributed by atoms with Crippen molar-refractivity contribution in [2.45, 2.75) is 51.4 Å². The maximum atomic E-state index is 12.4. The van der Waals surface area contributed by atoms with Gasteiger partial charge in [-0.05, 0) is 29.6 Å². The monoisotopic (exact) mass is 413 g/mol. The summed E-state index contributed by atoms with van der Waals surface area (Å²) in [6.07, 6.45) is 3.83. The highest BCUT2D eigenvalue weighted by molar-refractivity contribution is 6.74. The van der Waals surface area contributed by atoms with Gasteiger partial charge in [0.25, 0.3) is 0 Å². The molecule has 0 bridgehead atoms. The molecule has 1 amide bonds. The third-order valence-electron chi connectivity index (χ3n) is 6.09. The van der Waals surface area contributed by atoms with Crippen molar-refractivity contribution in [3.63, 3.8) is 0 Å². The number of rotatable bonds is 2. The van der Waals surface area contributed by atoms with Gasteiger partial charge < -0.3 is 14.3 Å². The fourth-order valence-electron chi connectivity index (χ4n) is 3.40. The van der Waals surface area contributed by atoms with E-state index in [0.29, 0.717) is 24.2 Å². The first-order chi connectivity index (χ1) is 13.5. The molecule has 0 aliphatic carbocycles. The minimum atomic E-state index is -2.01. The molecule has 3 rings (SSSR count). The molecule has 1 unspecified atom stereocenters. The highest BCUT2D eigenvalue weighted by atomic mass is 28.4. The molecule has 1 atom stereocenters. The van der Waals surface area contributed by atoms with Gasteiger partial charge in [-0.1, -0.05) is 57.2 Å². The van der Waals surface area contributed by atoms with Crippen LogP contribution in [-0.2, 0) is 15.6 Å². The highest BCUT2D eigenvalue weighted by Gasteiger charge is 2.39. The Bertz CT molecular complexity index is 946. The minimum absolute atomic E-state index is 0.0789. The third-order valence-corrected chi connectivity index (χ3v) is 10.6. The van der Waals surface area contributed by atoms with Crippen molar-refractivity contribution in [3.05, 3.63) is 48.0 Å². The lowest BCUT2D eigenvalue weighted by molar-refractivity contribution is 0.179. The van der Waals surface area contributed by atoms with Crippen molar-refractivity contribution in [3.8, 4) is 5.75 Å². The number of anilines is 1. The van der Waals surface area contributed by atoms with E-state index in [0.717, 1.165) is 10.8 Å². The third kappa shape index (κ3) is 4.18. The topological polar surface area (TPSA) is 59.0 Å². The van der Waals surface area contributed by atoms with Crippen LogP contribution in [0.2, 0.25) is 18.1 Å². The zero-order valence-corrected chi connectivity index (χ0v) is 19.2. The molecule has 2 aromatic rings. The summed E-state index contributed by atoms with van der Waals surface area (Å²) in [5, 5.41) is 12.8. The first-order valence-electron chi connectivity index (χ1n) is 9.98. The van der Waals surface area contributed by atoms with E-state index in [-0.39, 0.29) is 16.9 Å². The maximum absolute atomic E-state index is 12.4. The van der Waals surface area contributed by atoms with Gasteiger partial charge in [-0.25, -0.2) is 4.79 Å². The number of carbonyl (C=O) groups is 1. The largest absolute Gasteiger partial charge is 0.507 e. The van der Waals surface area contributed by atoms with E-state index < -0.39 is 14.4 Å². The summed E-state index contributed by atoms with van der Waals surface area (Å²) in [5.41, 5.74) is 1.38. The molecule has 6 heteroatoms. The number of aromatic hydroxyl groups is 1. The van der Waals surface area contributed by atoms with Crippen LogP contribution in [0.15, 0.2) is 42.5 Å². The Kier molecular flexibility index (Phi) is 5.78. The Morgan fingerprint density at radius 2 is 1.93 bits per heavy atom. The van der Waals surface area contributed by atoms with E-state index in [1.165, 1.54) is 7.11 Å². The van der Waals surface area contributed by atoms with E-state index in [2.05, 4.69) is 33.9 Å². The maximum Gasteiger partial charge on any atom is 0.414 e. The Labute approximate surface area is 174 Å². The van der Waals surface area contributed by atoms with Crippen molar-refractivity contribution in [2.24, 2.45) is 0 Å².